The molecule has 0 bridgehead atoms. The average molecular weight is 149 g/mol. The van der Waals surface area contributed by atoms with Crippen molar-refractivity contribution in [1.29, 1.82) is 0 Å². The number of carbonyl (C=O) groups excluding carboxylic acids is 2. The number of amides is 3. The highest BCUT2D eigenvalue weighted by atomic mass is 16.2. The Hall–Kier alpha value is -1.78. The number of nitrogens with zero attached hydrogens (tertiary/aromatic N) is 2. The topological polar surface area (TPSA) is 70.9 Å². The lowest BCUT2D eigenvalue weighted by Gasteiger charge is -2.07. The lowest BCUT2D eigenvalue weighted by Crippen LogP contribution is -2.35. The zero-order valence-corrected chi connectivity index (χ0v) is 5.37. The second-order valence-electron chi connectivity index (χ2n) is 2.05. The molecule has 0 aliphatic carbocycles. The minimum absolute atomic E-state index is 0.207. The molecule has 5 nitrogen and oxygen atoms in total. The maximum Gasteiger partial charge on any atom is 0.349 e. The van der Waals surface area contributed by atoms with Gasteiger partial charge in [0.2, 0.25) is 0 Å². The Labute approximate surface area is 61.5 Å². The Balaban J connectivity index is 2.53. The molecule has 0 radical (unpaired) electrons. The number of amidine groups is 1. The van der Waals surface area contributed by atoms with E-state index in [1.165, 1.54) is 12.3 Å². The minimum atomic E-state index is -0.652. The third-order valence-electron chi connectivity index (χ3n) is 1.35. The van der Waals surface area contributed by atoms with E-state index in [1.54, 1.807) is 0 Å². The van der Waals surface area contributed by atoms with Crippen molar-refractivity contribution in [3.63, 3.8) is 0 Å². The van der Waals surface area contributed by atoms with Crippen molar-refractivity contribution in [3.8, 4) is 0 Å². The van der Waals surface area contributed by atoms with Gasteiger partial charge in [0, 0.05) is 6.21 Å². The molecule has 0 aromatic heterocycles. The fourth-order valence-corrected chi connectivity index (χ4v) is 0.881. The molecular weight excluding hydrogens is 146 g/mol. The van der Waals surface area contributed by atoms with Gasteiger partial charge in [-0.1, -0.05) is 0 Å². The van der Waals surface area contributed by atoms with E-state index in [0.717, 1.165) is 0 Å². The number of rotatable bonds is 0. The summed E-state index contributed by atoms with van der Waals surface area (Å²) in [4.78, 5) is 28.7. The molecule has 2 heterocycles. The summed E-state index contributed by atoms with van der Waals surface area (Å²) in [5, 5.41) is 2.04. The number of nitrogens with one attached hydrogen (secondary N) is 1. The maximum absolute atomic E-state index is 10.9. The van der Waals surface area contributed by atoms with E-state index >= 15 is 0 Å². The predicted molar refractivity (Wildman–Crippen MR) is 37.5 cm³/mol. The summed E-state index contributed by atoms with van der Waals surface area (Å²) in [6.45, 7) is 0. The Morgan fingerprint density at radius 2 is 2.18 bits per heavy atom. The number of hydrogen-bond acceptors (Lipinski definition) is 3. The van der Waals surface area contributed by atoms with E-state index < -0.39 is 11.9 Å². The van der Waals surface area contributed by atoms with Crippen LogP contribution in [0.1, 0.15) is 0 Å². The van der Waals surface area contributed by atoms with Crippen LogP contribution in [0.3, 0.4) is 0 Å². The molecule has 1 N–H and O–H groups in total. The van der Waals surface area contributed by atoms with E-state index in [9.17, 15) is 9.59 Å². The summed E-state index contributed by atoms with van der Waals surface area (Å²) >= 11 is 0. The summed E-state index contributed by atoms with van der Waals surface area (Å²) in [7, 11) is 0. The normalized spacial score (nSPS) is 20.7. The number of fused-ring (bicyclic) bond motifs is 1. The van der Waals surface area contributed by atoms with E-state index in [4.69, 9.17) is 0 Å². The van der Waals surface area contributed by atoms with Crippen LogP contribution in [0.4, 0.5) is 4.79 Å². The summed E-state index contributed by atoms with van der Waals surface area (Å²) in [6.07, 6.45) is 2.95. The van der Waals surface area contributed by atoms with Crippen LogP contribution in [0.2, 0.25) is 0 Å². The van der Waals surface area contributed by atoms with Crippen molar-refractivity contribution < 1.29 is 9.59 Å². The molecule has 0 fully saturated rings. The van der Waals surface area contributed by atoms with Crippen LogP contribution in [0.5, 0.6) is 0 Å². The zero-order chi connectivity index (χ0) is 7.84. The van der Waals surface area contributed by atoms with Gasteiger partial charge in [-0.05, 0) is 6.08 Å². The molecule has 54 valence electrons. The summed E-state index contributed by atoms with van der Waals surface area (Å²) in [5.74, 6) is -0.226. The van der Waals surface area contributed by atoms with Crippen molar-refractivity contribution in [2.75, 3.05) is 0 Å². The molecule has 3 amide bonds. The molecule has 0 spiro atoms. The molecule has 0 saturated heterocycles. The quantitative estimate of drug-likeness (QED) is 0.511. The molecule has 2 rings (SSSR count). The average Bonchev–Trinajstić information content (AvgIpc) is 2.34. The third kappa shape index (κ3) is 0.778. The highest BCUT2D eigenvalue weighted by Gasteiger charge is 2.25. The SMILES string of the molecule is O=C1N=C2N=CC=C2C(=O)N1. The van der Waals surface area contributed by atoms with Crippen molar-refractivity contribution in [1.82, 2.24) is 5.32 Å². The van der Waals surface area contributed by atoms with Gasteiger partial charge in [0.1, 0.15) is 0 Å². The van der Waals surface area contributed by atoms with Crippen LogP contribution in [0.25, 0.3) is 0 Å². The number of allylic oxidation sites excluding steroid dienone is 1. The molecule has 11 heavy (non-hydrogen) atoms. The Morgan fingerprint density at radius 3 is 3.00 bits per heavy atom. The smallest absolute Gasteiger partial charge is 0.272 e. The molecule has 2 aliphatic heterocycles. The van der Waals surface area contributed by atoms with Crippen LogP contribution in [0, 0.1) is 0 Å². The first kappa shape index (κ1) is 5.96. The third-order valence-corrected chi connectivity index (χ3v) is 1.35. The highest BCUT2D eigenvalue weighted by Crippen LogP contribution is 2.09. The maximum atomic E-state index is 10.9. The molecule has 0 aromatic carbocycles. The second-order valence-corrected chi connectivity index (χ2v) is 2.05. The molecule has 0 aromatic rings. The number of aliphatic imine (C=N–C) groups is 2. The van der Waals surface area contributed by atoms with Gasteiger partial charge in [-0.3, -0.25) is 10.1 Å². The first-order valence-electron chi connectivity index (χ1n) is 2.96. The summed E-state index contributed by atoms with van der Waals surface area (Å²) < 4.78 is 0. The molecule has 0 unspecified atom stereocenters. The van der Waals surface area contributed by atoms with Gasteiger partial charge in [-0.2, -0.15) is 4.99 Å². The molecule has 2 aliphatic rings. The fourth-order valence-electron chi connectivity index (χ4n) is 0.881. The van der Waals surface area contributed by atoms with Gasteiger partial charge in [0.25, 0.3) is 5.91 Å². The monoisotopic (exact) mass is 149 g/mol. The highest BCUT2D eigenvalue weighted by molar-refractivity contribution is 6.33. The number of urea groups is 1. The Morgan fingerprint density at radius 1 is 1.36 bits per heavy atom. The molecule has 0 saturated carbocycles. The molecule has 5 heteroatoms. The second kappa shape index (κ2) is 1.85. The molecular formula is C6H3N3O2. The van der Waals surface area contributed by atoms with Crippen molar-refractivity contribution in [2.24, 2.45) is 9.98 Å². The van der Waals surface area contributed by atoms with Gasteiger partial charge >= 0.3 is 6.03 Å². The fraction of sp³-hybridized carbons (Fsp3) is 0. The van der Waals surface area contributed by atoms with Crippen molar-refractivity contribution >= 4 is 24.0 Å². The van der Waals surface area contributed by atoms with Gasteiger partial charge in [0.05, 0.1) is 5.57 Å². The van der Waals surface area contributed by atoms with Gasteiger partial charge in [0.15, 0.2) is 5.84 Å². The molecule has 0 atom stereocenters. The zero-order valence-electron chi connectivity index (χ0n) is 5.37. The number of carbonyl (C=O) groups is 2. The summed E-state index contributed by atoms with van der Waals surface area (Å²) in [5.41, 5.74) is 0.351. The van der Waals surface area contributed by atoms with E-state index in [1.807, 2.05) is 5.32 Å². The van der Waals surface area contributed by atoms with Gasteiger partial charge < -0.3 is 0 Å². The Kier molecular flexibility index (Phi) is 1.00. The summed E-state index contributed by atoms with van der Waals surface area (Å²) in [6, 6.07) is -0.652. The standard InChI is InChI=1S/C6H3N3O2/c10-5-3-1-2-7-4(3)8-6(11)9-5/h1-2H,(H,9,10,11). The first-order valence-corrected chi connectivity index (χ1v) is 2.96. The number of hydrogen-bond donors (Lipinski definition) is 1. The van der Waals surface area contributed by atoms with E-state index in [2.05, 4.69) is 9.98 Å². The Bertz CT molecular complexity index is 338. The lowest BCUT2D eigenvalue weighted by molar-refractivity contribution is -0.116. The number of imide groups is 1. The van der Waals surface area contributed by atoms with Gasteiger partial charge in [-0.25, -0.2) is 9.79 Å². The predicted octanol–water partition coefficient (Wildman–Crippen LogP) is -0.354. The van der Waals surface area contributed by atoms with E-state index in [0.29, 0.717) is 5.57 Å². The first-order chi connectivity index (χ1) is 5.27. The van der Waals surface area contributed by atoms with Gasteiger partial charge in [-0.15, -0.1) is 0 Å². The van der Waals surface area contributed by atoms with Crippen molar-refractivity contribution in [2.45, 2.75) is 0 Å². The lowest BCUT2D eigenvalue weighted by atomic mass is 10.2. The van der Waals surface area contributed by atoms with Crippen LogP contribution in [-0.4, -0.2) is 24.0 Å². The van der Waals surface area contributed by atoms with E-state index in [-0.39, 0.29) is 5.84 Å². The van der Waals surface area contributed by atoms with Crippen LogP contribution in [-0.2, 0) is 4.79 Å². The van der Waals surface area contributed by atoms with Crippen LogP contribution >= 0.6 is 0 Å². The van der Waals surface area contributed by atoms with Crippen LogP contribution < -0.4 is 5.32 Å². The van der Waals surface area contributed by atoms with Crippen molar-refractivity contribution in [3.05, 3.63) is 11.6 Å². The largest absolute Gasteiger partial charge is 0.349 e. The minimum Gasteiger partial charge on any atom is -0.272 e. The van der Waals surface area contributed by atoms with Crippen LogP contribution in [0.15, 0.2) is 21.6 Å².